The predicted octanol–water partition coefficient (Wildman–Crippen LogP) is 5.00. The molecular formula is C26H27N3O6S. The molecule has 1 heterocycles. The molecule has 0 spiro atoms. The van der Waals surface area contributed by atoms with E-state index in [9.17, 15) is 10.1 Å². The summed E-state index contributed by atoms with van der Waals surface area (Å²) in [6.45, 7) is 0.981. The zero-order chi connectivity index (χ0) is 25.7. The Morgan fingerprint density at radius 1 is 1.00 bits per heavy atom. The van der Waals surface area contributed by atoms with Gasteiger partial charge in [-0.2, -0.15) is 0 Å². The first-order valence-electron chi connectivity index (χ1n) is 11.3. The van der Waals surface area contributed by atoms with Gasteiger partial charge in [0.05, 0.1) is 32.3 Å². The standard InChI is InChI=1S/C26H27N3O6S/c1-32-20-8-10-21(11-9-20)35-16-23-22-15-25(34-3)24(33-2)14-17(22)12-13-28(23)26(36)27-18-4-6-19(7-5-18)29(30)31/h4-11,14-15,23H,12-13,16H2,1-3H3,(H,27,36). The number of anilines is 1. The zero-order valence-corrected chi connectivity index (χ0v) is 21.0. The van der Waals surface area contributed by atoms with Crippen molar-refractivity contribution in [2.24, 2.45) is 0 Å². The molecule has 0 aliphatic carbocycles. The van der Waals surface area contributed by atoms with E-state index < -0.39 is 4.92 Å². The molecule has 4 rings (SSSR count). The fourth-order valence-corrected chi connectivity index (χ4v) is 4.50. The average molecular weight is 510 g/mol. The highest BCUT2D eigenvalue weighted by Crippen LogP contribution is 2.39. The van der Waals surface area contributed by atoms with E-state index in [0.29, 0.717) is 41.2 Å². The number of thiocarbonyl (C=S) groups is 1. The number of non-ortho nitro benzene ring substituents is 1. The first-order chi connectivity index (χ1) is 17.4. The maximum absolute atomic E-state index is 11.0. The Morgan fingerprint density at radius 3 is 2.25 bits per heavy atom. The number of fused-ring (bicyclic) bond motifs is 1. The maximum Gasteiger partial charge on any atom is 0.269 e. The topological polar surface area (TPSA) is 95.3 Å². The zero-order valence-electron chi connectivity index (χ0n) is 20.2. The normalized spacial score (nSPS) is 14.4. The van der Waals surface area contributed by atoms with Crippen molar-refractivity contribution in [2.45, 2.75) is 12.5 Å². The molecule has 1 N–H and O–H groups in total. The molecule has 188 valence electrons. The summed E-state index contributed by atoms with van der Waals surface area (Å²) in [6.07, 6.45) is 0.747. The van der Waals surface area contributed by atoms with Gasteiger partial charge in [-0.3, -0.25) is 10.1 Å². The van der Waals surface area contributed by atoms with E-state index in [2.05, 4.69) is 10.2 Å². The molecule has 1 aliphatic rings. The quantitative estimate of drug-likeness (QED) is 0.256. The molecule has 36 heavy (non-hydrogen) atoms. The van der Waals surface area contributed by atoms with Crippen LogP contribution in [0.25, 0.3) is 0 Å². The van der Waals surface area contributed by atoms with E-state index in [4.69, 9.17) is 31.2 Å². The summed E-state index contributed by atoms with van der Waals surface area (Å²) in [5, 5.41) is 14.7. The molecule has 0 saturated heterocycles. The lowest BCUT2D eigenvalue weighted by Crippen LogP contribution is -2.44. The highest BCUT2D eigenvalue weighted by molar-refractivity contribution is 7.80. The van der Waals surface area contributed by atoms with Crippen molar-refractivity contribution in [3.63, 3.8) is 0 Å². The number of rotatable bonds is 8. The maximum atomic E-state index is 11.0. The summed E-state index contributed by atoms with van der Waals surface area (Å²) >= 11 is 5.77. The second-order valence-corrected chi connectivity index (χ2v) is 8.47. The van der Waals surface area contributed by atoms with Crippen LogP contribution in [0.15, 0.2) is 60.7 Å². The van der Waals surface area contributed by atoms with Gasteiger partial charge in [0.1, 0.15) is 18.1 Å². The first-order valence-corrected chi connectivity index (χ1v) is 11.7. The molecule has 10 heteroatoms. The number of hydrogen-bond acceptors (Lipinski definition) is 7. The van der Waals surface area contributed by atoms with Crippen LogP contribution in [-0.4, -0.2) is 49.4 Å². The number of nitro benzene ring substituents is 1. The van der Waals surface area contributed by atoms with Crippen LogP contribution < -0.4 is 24.3 Å². The Labute approximate surface area is 214 Å². The van der Waals surface area contributed by atoms with E-state index in [1.54, 1.807) is 33.5 Å². The van der Waals surface area contributed by atoms with Crippen molar-refractivity contribution in [3.05, 3.63) is 81.9 Å². The lowest BCUT2D eigenvalue weighted by molar-refractivity contribution is -0.384. The number of ether oxygens (including phenoxy) is 4. The Balaban J connectivity index is 1.61. The number of hydrogen-bond donors (Lipinski definition) is 1. The van der Waals surface area contributed by atoms with Crippen molar-refractivity contribution in [2.75, 3.05) is 39.8 Å². The number of benzene rings is 3. The SMILES string of the molecule is COc1ccc(OCC2c3cc(OC)c(OC)cc3CCN2C(=S)Nc2ccc([N+](=O)[O-])cc2)cc1. The van der Waals surface area contributed by atoms with Gasteiger partial charge in [0.25, 0.3) is 5.69 Å². The van der Waals surface area contributed by atoms with Gasteiger partial charge < -0.3 is 29.2 Å². The fourth-order valence-electron chi connectivity index (χ4n) is 4.16. The lowest BCUT2D eigenvalue weighted by atomic mass is 9.92. The number of methoxy groups -OCH3 is 3. The Kier molecular flexibility index (Phi) is 7.74. The third-order valence-corrected chi connectivity index (χ3v) is 6.40. The van der Waals surface area contributed by atoms with Crippen LogP contribution in [0, 0.1) is 10.1 Å². The molecule has 0 fully saturated rings. The van der Waals surface area contributed by atoms with E-state index in [0.717, 1.165) is 23.3 Å². The monoisotopic (exact) mass is 509 g/mol. The van der Waals surface area contributed by atoms with Crippen molar-refractivity contribution in [1.29, 1.82) is 0 Å². The Hall–Kier alpha value is -4.05. The van der Waals surface area contributed by atoms with Crippen LogP contribution >= 0.6 is 12.2 Å². The lowest BCUT2D eigenvalue weighted by Gasteiger charge is -2.39. The van der Waals surface area contributed by atoms with Gasteiger partial charge in [-0.25, -0.2) is 0 Å². The molecule has 3 aromatic carbocycles. The predicted molar refractivity (Wildman–Crippen MR) is 141 cm³/mol. The Morgan fingerprint density at radius 2 is 1.64 bits per heavy atom. The second kappa shape index (κ2) is 11.1. The average Bonchev–Trinajstić information content (AvgIpc) is 2.91. The van der Waals surface area contributed by atoms with Gasteiger partial charge in [-0.15, -0.1) is 0 Å². The molecule has 1 atom stereocenters. The van der Waals surface area contributed by atoms with Crippen LogP contribution in [0.5, 0.6) is 23.0 Å². The minimum atomic E-state index is -0.433. The van der Waals surface area contributed by atoms with Gasteiger partial charge in [0.2, 0.25) is 0 Å². The number of nitro groups is 1. The minimum Gasteiger partial charge on any atom is -0.497 e. The number of nitrogens with one attached hydrogen (secondary N) is 1. The van der Waals surface area contributed by atoms with E-state index in [1.165, 1.54) is 12.1 Å². The summed E-state index contributed by atoms with van der Waals surface area (Å²) < 4.78 is 22.5. The van der Waals surface area contributed by atoms with Crippen molar-refractivity contribution in [3.8, 4) is 23.0 Å². The van der Waals surface area contributed by atoms with E-state index in [1.807, 2.05) is 36.4 Å². The van der Waals surface area contributed by atoms with Gasteiger partial charge >= 0.3 is 0 Å². The third-order valence-electron chi connectivity index (χ3n) is 6.06. The summed E-state index contributed by atoms with van der Waals surface area (Å²) in [6, 6.07) is 17.3. The molecule has 0 radical (unpaired) electrons. The third kappa shape index (κ3) is 5.44. The number of nitrogens with zero attached hydrogens (tertiary/aromatic N) is 2. The van der Waals surface area contributed by atoms with Crippen LogP contribution in [0.4, 0.5) is 11.4 Å². The second-order valence-electron chi connectivity index (χ2n) is 8.09. The Bertz CT molecular complexity index is 1230. The van der Waals surface area contributed by atoms with Crippen molar-refractivity contribution >= 4 is 28.7 Å². The summed E-state index contributed by atoms with van der Waals surface area (Å²) in [5.41, 5.74) is 2.84. The summed E-state index contributed by atoms with van der Waals surface area (Å²) in [4.78, 5) is 12.6. The van der Waals surface area contributed by atoms with Gasteiger partial charge in [-0.05, 0) is 78.3 Å². The molecule has 3 aromatic rings. The van der Waals surface area contributed by atoms with Crippen LogP contribution in [0.1, 0.15) is 17.2 Å². The fraction of sp³-hybridized carbons (Fsp3) is 0.269. The van der Waals surface area contributed by atoms with Crippen molar-refractivity contribution < 1.29 is 23.9 Å². The van der Waals surface area contributed by atoms with Crippen molar-refractivity contribution in [1.82, 2.24) is 4.90 Å². The van der Waals surface area contributed by atoms with Gasteiger partial charge in [-0.1, -0.05) is 0 Å². The largest absolute Gasteiger partial charge is 0.497 e. The van der Waals surface area contributed by atoms with Crippen LogP contribution in [0.3, 0.4) is 0 Å². The molecule has 0 aromatic heterocycles. The molecule has 9 nitrogen and oxygen atoms in total. The van der Waals surface area contributed by atoms with Gasteiger partial charge in [0, 0.05) is 24.4 Å². The molecule has 0 amide bonds. The smallest absolute Gasteiger partial charge is 0.269 e. The highest BCUT2D eigenvalue weighted by Gasteiger charge is 2.31. The summed E-state index contributed by atoms with van der Waals surface area (Å²) in [5.74, 6) is 2.75. The van der Waals surface area contributed by atoms with E-state index in [-0.39, 0.29) is 11.7 Å². The molecule has 1 unspecified atom stereocenters. The van der Waals surface area contributed by atoms with Gasteiger partial charge in [0.15, 0.2) is 16.6 Å². The summed E-state index contributed by atoms with van der Waals surface area (Å²) in [7, 11) is 4.84. The minimum absolute atomic E-state index is 0.0187. The molecular weight excluding hydrogens is 482 g/mol. The van der Waals surface area contributed by atoms with Crippen LogP contribution in [-0.2, 0) is 6.42 Å². The first kappa shape index (κ1) is 25.1. The molecule has 1 aliphatic heterocycles. The van der Waals surface area contributed by atoms with Crippen LogP contribution in [0.2, 0.25) is 0 Å². The van der Waals surface area contributed by atoms with E-state index >= 15 is 0 Å². The molecule has 0 saturated carbocycles. The highest BCUT2D eigenvalue weighted by atomic mass is 32.1. The molecule has 0 bridgehead atoms.